The zero-order valence-corrected chi connectivity index (χ0v) is 8.36. The van der Waals surface area contributed by atoms with Crippen molar-refractivity contribution in [2.45, 2.75) is 4.90 Å². The second-order valence-corrected chi connectivity index (χ2v) is 3.52. The lowest BCUT2D eigenvalue weighted by atomic mass is 9.95. The van der Waals surface area contributed by atoms with E-state index in [4.69, 9.17) is 0 Å². The third kappa shape index (κ3) is 3.53. The predicted molar refractivity (Wildman–Crippen MR) is 52.8 cm³/mol. The molecule has 0 aliphatic heterocycles. The van der Waals surface area contributed by atoms with Crippen molar-refractivity contribution in [1.29, 1.82) is 0 Å². The second kappa shape index (κ2) is 4.64. The van der Waals surface area contributed by atoms with Crippen LogP contribution in [0.4, 0.5) is 12.9 Å². The van der Waals surface area contributed by atoms with Gasteiger partial charge in [-0.3, -0.25) is 0 Å². The monoisotopic (exact) mass is 221 g/mol. The Bertz CT molecular complexity index is 303. The Hall–Kier alpha value is -0.775. The van der Waals surface area contributed by atoms with Crippen LogP contribution < -0.4 is 4.74 Å². The Labute approximate surface area is 84.7 Å². The molecule has 0 aromatic heterocycles. The number of rotatable bonds is 4. The summed E-state index contributed by atoms with van der Waals surface area (Å²) >= 11 is 1.36. The van der Waals surface area contributed by atoms with Crippen molar-refractivity contribution in [1.82, 2.24) is 0 Å². The number of halogens is 3. The number of para-hydroxylation sites is 1. The molecule has 1 nitrogen and oxygen atoms in total. The van der Waals surface area contributed by atoms with Crippen LogP contribution in [0.15, 0.2) is 29.2 Å². The van der Waals surface area contributed by atoms with Crippen molar-refractivity contribution in [3.8, 4) is 5.75 Å². The van der Waals surface area contributed by atoms with Gasteiger partial charge in [-0.1, -0.05) is 12.1 Å². The third-order valence-corrected chi connectivity index (χ3v) is 2.27. The number of thioether (sulfide) groups is 1. The first-order valence-electron chi connectivity index (χ1n) is 4.00. The molecule has 0 atom stereocenters. The lowest BCUT2D eigenvalue weighted by molar-refractivity contribution is 0.308. The van der Waals surface area contributed by atoms with E-state index in [0.29, 0.717) is 10.6 Å². The van der Waals surface area contributed by atoms with E-state index in [1.165, 1.54) is 17.8 Å². The molecule has 1 aromatic carbocycles. The number of hydrogen-bond acceptors (Lipinski definition) is 2. The molecule has 0 saturated heterocycles. The fraction of sp³-hybridized carbons (Fsp3) is 0.250. The summed E-state index contributed by atoms with van der Waals surface area (Å²) in [5.74, 6) is 0.291. The van der Waals surface area contributed by atoms with Crippen LogP contribution in [0.1, 0.15) is 0 Å². The summed E-state index contributed by atoms with van der Waals surface area (Å²) in [6, 6.07) is 6.67. The SMILES string of the molecule is CSc1ccccc1OC[B-](F)(F)F. The molecule has 14 heavy (non-hydrogen) atoms. The second-order valence-electron chi connectivity index (χ2n) is 2.67. The number of hydrogen-bond donors (Lipinski definition) is 0. The van der Waals surface area contributed by atoms with Gasteiger partial charge in [0.15, 0.2) is 0 Å². The van der Waals surface area contributed by atoms with Crippen molar-refractivity contribution in [2.24, 2.45) is 0 Å². The van der Waals surface area contributed by atoms with E-state index in [-0.39, 0.29) is 0 Å². The molecule has 0 saturated carbocycles. The van der Waals surface area contributed by atoms with Gasteiger partial charge in [0.2, 0.25) is 0 Å². The fourth-order valence-corrected chi connectivity index (χ4v) is 1.47. The molecule has 1 rings (SSSR count). The normalized spacial score (nSPS) is 11.4. The van der Waals surface area contributed by atoms with Crippen molar-refractivity contribution >= 4 is 18.7 Å². The molecule has 0 aliphatic rings. The quantitative estimate of drug-likeness (QED) is 0.570. The maximum atomic E-state index is 11.9. The minimum atomic E-state index is -4.88. The van der Waals surface area contributed by atoms with Crippen LogP contribution in [-0.2, 0) is 0 Å². The molecule has 1 aromatic rings. The highest BCUT2D eigenvalue weighted by atomic mass is 32.2. The molecule has 0 fully saturated rings. The van der Waals surface area contributed by atoms with E-state index in [9.17, 15) is 12.9 Å². The van der Waals surface area contributed by atoms with Gasteiger partial charge in [0.25, 0.3) is 0 Å². The predicted octanol–water partition coefficient (Wildman–Crippen LogP) is 3.17. The van der Waals surface area contributed by atoms with Crippen LogP contribution in [0.2, 0.25) is 0 Å². The van der Waals surface area contributed by atoms with Gasteiger partial charge in [-0.25, -0.2) is 0 Å². The van der Waals surface area contributed by atoms with Crippen LogP contribution in [0.3, 0.4) is 0 Å². The van der Waals surface area contributed by atoms with Gasteiger partial charge >= 0.3 is 6.98 Å². The standard InChI is InChI=1S/C8H9BF3OS/c1-14-8-5-3-2-4-7(8)13-6-9(10,11)12/h2-5H,6H2,1H3/q-1. The van der Waals surface area contributed by atoms with Gasteiger partial charge in [0.05, 0.1) is 6.51 Å². The number of ether oxygens (including phenoxy) is 1. The van der Waals surface area contributed by atoms with Crippen molar-refractivity contribution in [2.75, 3.05) is 12.8 Å². The summed E-state index contributed by atoms with van der Waals surface area (Å²) in [6.45, 7) is -6.06. The molecule has 0 aliphatic carbocycles. The van der Waals surface area contributed by atoms with Crippen molar-refractivity contribution < 1.29 is 17.7 Å². The minimum absolute atomic E-state index is 0.291. The van der Waals surface area contributed by atoms with E-state index in [1.54, 1.807) is 24.5 Å². The van der Waals surface area contributed by atoms with Crippen LogP contribution in [-0.4, -0.2) is 19.7 Å². The van der Waals surface area contributed by atoms with E-state index >= 15 is 0 Å². The average molecular weight is 221 g/mol. The Morgan fingerprint density at radius 2 is 1.93 bits per heavy atom. The van der Waals surface area contributed by atoms with Crippen LogP contribution in [0.25, 0.3) is 0 Å². The lowest BCUT2D eigenvalue weighted by Gasteiger charge is -2.16. The summed E-state index contributed by atoms with van der Waals surface area (Å²) in [6.07, 6.45) is 1.79. The highest BCUT2D eigenvalue weighted by Crippen LogP contribution is 2.27. The molecule has 0 radical (unpaired) electrons. The molecule has 0 unspecified atom stereocenters. The topological polar surface area (TPSA) is 9.23 Å². The van der Waals surface area contributed by atoms with Gasteiger partial charge in [0, 0.05) is 4.90 Å². The van der Waals surface area contributed by atoms with Gasteiger partial charge in [-0.15, -0.1) is 11.8 Å². The zero-order chi connectivity index (χ0) is 10.6. The van der Waals surface area contributed by atoms with Crippen molar-refractivity contribution in [3.05, 3.63) is 24.3 Å². The smallest absolute Gasteiger partial charge is 0.515 e. The average Bonchev–Trinajstić information content (AvgIpc) is 2.14. The Kier molecular flexibility index (Phi) is 3.74. The van der Waals surface area contributed by atoms with E-state index in [2.05, 4.69) is 4.74 Å². The Morgan fingerprint density at radius 3 is 2.50 bits per heavy atom. The molecule has 78 valence electrons. The van der Waals surface area contributed by atoms with Gasteiger partial charge in [-0.2, -0.15) is 0 Å². The summed E-state index contributed by atoms with van der Waals surface area (Å²) in [5, 5.41) is 0. The maximum absolute atomic E-state index is 11.9. The Morgan fingerprint density at radius 1 is 1.29 bits per heavy atom. The summed E-state index contributed by atoms with van der Waals surface area (Å²) in [5.41, 5.74) is 0. The number of benzene rings is 1. The molecule has 0 N–H and O–H groups in total. The molecule has 6 heteroatoms. The molecule has 0 spiro atoms. The molecule has 0 bridgehead atoms. The molecule has 0 heterocycles. The molecular formula is C8H9BF3OS-. The third-order valence-electron chi connectivity index (χ3n) is 1.50. The maximum Gasteiger partial charge on any atom is 0.515 e. The van der Waals surface area contributed by atoms with Crippen LogP contribution >= 0.6 is 11.8 Å². The van der Waals surface area contributed by atoms with E-state index in [1.807, 2.05) is 0 Å². The first-order valence-corrected chi connectivity index (χ1v) is 5.22. The lowest BCUT2D eigenvalue weighted by Crippen LogP contribution is -2.26. The summed E-state index contributed by atoms with van der Waals surface area (Å²) in [7, 11) is 0. The van der Waals surface area contributed by atoms with Crippen LogP contribution in [0.5, 0.6) is 5.75 Å². The summed E-state index contributed by atoms with van der Waals surface area (Å²) < 4.78 is 40.4. The summed E-state index contributed by atoms with van der Waals surface area (Å²) in [4.78, 5) is 0.715. The van der Waals surface area contributed by atoms with Gasteiger partial charge in [-0.05, 0) is 18.4 Å². The van der Waals surface area contributed by atoms with E-state index < -0.39 is 13.5 Å². The molecular weight excluding hydrogens is 212 g/mol. The highest BCUT2D eigenvalue weighted by Gasteiger charge is 2.24. The fourth-order valence-electron chi connectivity index (χ4n) is 0.922. The van der Waals surface area contributed by atoms with Crippen LogP contribution in [0, 0.1) is 0 Å². The van der Waals surface area contributed by atoms with E-state index in [0.717, 1.165) is 0 Å². The highest BCUT2D eigenvalue weighted by molar-refractivity contribution is 7.98. The molecule has 0 amide bonds. The first-order chi connectivity index (χ1) is 6.53. The Balaban J connectivity index is 2.67. The van der Waals surface area contributed by atoms with Gasteiger partial charge < -0.3 is 17.7 Å². The van der Waals surface area contributed by atoms with Gasteiger partial charge in [0.1, 0.15) is 5.75 Å². The van der Waals surface area contributed by atoms with Crippen molar-refractivity contribution in [3.63, 3.8) is 0 Å². The minimum Gasteiger partial charge on any atom is -0.521 e. The first kappa shape index (κ1) is 11.3. The largest absolute Gasteiger partial charge is 0.521 e. The zero-order valence-electron chi connectivity index (χ0n) is 7.54.